The van der Waals surface area contributed by atoms with E-state index in [1.54, 1.807) is 54.3 Å². The van der Waals surface area contributed by atoms with E-state index in [-0.39, 0.29) is 23.8 Å². The van der Waals surface area contributed by atoms with Gasteiger partial charge < -0.3 is 14.4 Å². The highest BCUT2D eigenvalue weighted by Gasteiger charge is 2.48. The molecule has 0 aliphatic carbocycles. The summed E-state index contributed by atoms with van der Waals surface area (Å²) in [5.74, 6) is -0.873. The number of benzene rings is 3. The number of morpholine rings is 1. The Morgan fingerprint density at radius 1 is 0.976 bits per heavy atom. The lowest BCUT2D eigenvalue weighted by Crippen LogP contribution is -2.57. The van der Waals surface area contributed by atoms with E-state index in [1.807, 2.05) is 31.2 Å². The minimum absolute atomic E-state index is 0.109. The van der Waals surface area contributed by atoms with Crippen molar-refractivity contribution in [2.24, 2.45) is 0 Å². The van der Waals surface area contributed by atoms with Gasteiger partial charge in [0, 0.05) is 22.7 Å². The minimum Gasteiger partial charge on any atom is -0.464 e. The molecular weight excluding hydrogens is 585 g/mol. The van der Waals surface area contributed by atoms with Gasteiger partial charge in [-0.25, -0.2) is 13.2 Å². The number of ether oxygens (including phenoxy) is 2. The monoisotopic (exact) mass is 617 g/mol. The Morgan fingerprint density at radius 3 is 2.15 bits per heavy atom. The molecule has 1 amide bonds. The molecule has 1 fully saturated rings. The van der Waals surface area contributed by atoms with Crippen molar-refractivity contribution in [2.45, 2.75) is 62.3 Å². The number of hydrogen-bond acceptors (Lipinski definition) is 6. The van der Waals surface area contributed by atoms with E-state index in [2.05, 4.69) is 0 Å². The normalized spacial score (nSPS) is 20.1. The van der Waals surface area contributed by atoms with E-state index < -0.39 is 40.1 Å². The van der Waals surface area contributed by atoms with Gasteiger partial charge in [0.2, 0.25) is 0 Å². The van der Waals surface area contributed by atoms with Gasteiger partial charge in [-0.3, -0.25) is 4.79 Å². The Balaban J connectivity index is 1.87. The largest absolute Gasteiger partial charge is 0.464 e. The molecule has 3 aromatic rings. The van der Waals surface area contributed by atoms with Gasteiger partial charge >= 0.3 is 5.97 Å². The summed E-state index contributed by atoms with van der Waals surface area (Å²) in [6, 6.07) is 19.2. The van der Waals surface area contributed by atoms with Crippen LogP contribution in [0.5, 0.6) is 0 Å². The zero-order valence-electron chi connectivity index (χ0n) is 23.1. The summed E-state index contributed by atoms with van der Waals surface area (Å²) in [5, 5.41) is 1.08. The third-order valence-corrected chi connectivity index (χ3v) is 8.66. The van der Waals surface area contributed by atoms with Crippen LogP contribution in [0, 0.1) is 0 Å². The van der Waals surface area contributed by atoms with Gasteiger partial charge in [0.1, 0.15) is 18.2 Å². The molecule has 4 rings (SSSR count). The van der Waals surface area contributed by atoms with Crippen LogP contribution in [-0.4, -0.2) is 50.2 Å². The molecule has 218 valence electrons. The van der Waals surface area contributed by atoms with Crippen LogP contribution in [0.3, 0.4) is 0 Å². The van der Waals surface area contributed by atoms with E-state index in [4.69, 9.17) is 32.7 Å². The molecule has 1 heterocycles. The summed E-state index contributed by atoms with van der Waals surface area (Å²) in [6.45, 7) is 3.84. The van der Waals surface area contributed by atoms with E-state index in [0.717, 1.165) is 17.4 Å². The number of hydrogen-bond donors (Lipinski definition) is 0. The number of esters is 1. The van der Waals surface area contributed by atoms with Gasteiger partial charge in [-0.05, 0) is 66.4 Å². The number of nitrogens with zero attached hydrogens (tertiary/aromatic N) is 1. The number of sulfone groups is 1. The Kier molecular flexibility index (Phi) is 10.1. The first-order chi connectivity index (χ1) is 19.5. The maximum absolute atomic E-state index is 14.3. The topological polar surface area (TPSA) is 90.0 Å². The van der Waals surface area contributed by atoms with Crippen molar-refractivity contribution in [3.63, 3.8) is 0 Å². The average Bonchev–Trinajstić information content (AvgIpc) is 2.94. The first-order valence-corrected chi connectivity index (χ1v) is 16.1. The quantitative estimate of drug-likeness (QED) is 0.245. The van der Waals surface area contributed by atoms with Gasteiger partial charge in [0.15, 0.2) is 9.84 Å². The predicted molar refractivity (Wildman–Crippen MR) is 159 cm³/mol. The Labute approximate surface area is 251 Å². The van der Waals surface area contributed by atoms with E-state index in [9.17, 15) is 18.0 Å². The summed E-state index contributed by atoms with van der Waals surface area (Å²) in [6.07, 6.45) is 0.591. The fraction of sp³-hybridized carbons (Fsp3) is 0.355. The van der Waals surface area contributed by atoms with Gasteiger partial charge in [-0.1, -0.05) is 72.9 Å². The molecule has 0 unspecified atom stereocenters. The zero-order chi connectivity index (χ0) is 29.7. The third kappa shape index (κ3) is 7.30. The lowest BCUT2D eigenvalue weighted by Gasteiger charge is -2.47. The SMILES string of the molecule is CCC[C@H](C(=O)OCC)N1C(=O)[C@H](Cc2cccc(S(C)(=O)=O)c2)O[C@@H](c2ccc(Cl)cc2)[C@H]1c1ccc(Cl)cc1. The van der Waals surface area contributed by atoms with Crippen molar-refractivity contribution in [3.8, 4) is 0 Å². The lowest BCUT2D eigenvalue weighted by atomic mass is 9.88. The van der Waals surface area contributed by atoms with Crippen molar-refractivity contribution in [1.82, 2.24) is 4.90 Å². The highest BCUT2D eigenvalue weighted by Crippen LogP contribution is 2.44. The molecule has 0 saturated carbocycles. The number of carbonyl (C=O) groups is 2. The van der Waals surface area contributed by atoms with Crippen LogP contribution in [0.15, 0.2) is 77.7 Å². The van der Waals surface area contributed by atoms with Crippen LogP contribution in [0.2, 0.25) is 10.0 Å². The summed E-state index contributed by atoms with van der Waals surface area (Å²) in [7, 11) is -3.46. The smallest absolute Gasteiger partial charge is 0.328 e. The molecule has 4 atom stereocenters. The van der Waals surface area contributed by atoms with Crippen LogP contribution in [-0.2, 0) is 35.3 Å². The number of amides is 1. The van der Waals surface area contributed by atoms with Crippen molar-refractivity contribution in [3.05, 3.63) is 99.5 Å². The predicted octanol–water partition coefficient (Wildman–Crippen LogP) is 6.38. The maximum Gasteiger partial charge on any atom is 0.328 e. The highest BCUT2D eigenvalue weighted by atomic mass is 35.5. The van der Waals surface area contributed by atoms with E-state index in [1.165, 1.54) is 6.07 Å². The second-order valence-corrected chi connectivity index (χ2v) is 12.9. The Bertz CT molecular complexity index is 1480. The van der Waals surface area contributed by atoms with Crippen LogP contribution in [0.4, 0.5) is 0 Å². The first-order valence-electron chi connectivity index (χ1n) is 13.5. The lowest BCUT2D eigenvalue weighted by molar-refractivity contribution is -0.186. The van der Waals surface area contributed by atoms with Crippen molar-refractivity contribution < 1.29 is 27.5 Å². The molecule has 7 nitrogen and oxygen atoms in total. The van der Waals surface area contributed by atoms with Gasteiger partial charge in [0.05, 0.1) is 17.5 Å². The summed E-state index contributed by atoms with van der Waals surface area (Å²) >= 11 is 12.4. The molecule has 1 aliphatic rings. The molecule has 41 heavy (non-hydrogen) atoms. The van der Waals surface area contributed by atoms with Crippen molar-refractivity contribution in [1.29, 1.82) is 0 Å². The Hall–Kier alpha value is -2.91. The second kappa shape index (κ2) is 13.4. The van der Waals surface area contributed by atoms with Crippen LogP contribution < -0.4 is 0 Å². The minimum atomic E-state index is -3.46. The molecule has 0 aromatic heterocycles. The molecule has 0 radical (unpaired) electrons. The molecule has 1 saturated heterocycles. The fourth-order valence-electron chi connectivity index (χ4n) is 5.15. The molecule has 0 N–H and O–H groups in total. The molecule has 3 aromatic carbocycles. The standard InChI is InChI=1S/C31H33Cl2NO6S/c1-4-7-26(31(36)39-5-2)34-28(21-10-14-23(32)15-11-21)29(22-12-16-24(33)17-13-22)40-27(30(34)35)19-20-8-6-9-25(18-20)41(3,37)38/h6,8-18,26-29H,4-5,7,19H2,1-3H3/t26-,27+,28-,29+/m1/s1. The summed E-state index contributed by atoms with van der Waals surface area (Å²) in [5.41, 5.74) is 2.13. The molecule has 10 heteroatoms. The number of rotatable bonds is 10. The molecule has 0 bridgehead atoms. The zero-order valence-corrected chi connectivity index (χ0v) is 25.5. The summed E-state index contributed by atoms with van der Waals surface area (Å²) in [4.78, 5) is 29.4. The van der Waals surface area contributed by atoms with Gasteiger partial charge in [-0.2, -0.15) is 0 Å². The number of carbonyl (C=O) groups excluding carboxylic acids is 2. The van der Waals surface area contributed by atoms with Crippen molar-refractivity contribution >= 4 is 44.9 Å². The highest BCUT2D eigenvalue weighted by molar-refractivity contribution is 7.90. The van der Waals surface area contributed by atoms with E-state index >= 15 is 0 Å². The van der Waals surface area contributed by atoms with Gasteiger partial charge in [0.25, 0.3) is 5.91 Å². The van der Waals surface area contributed by atoms with Gasteiger partial charge in [-0.15, -0.1) is 0 Å². The molecular formula is C31H33Cl2NO6S. The third-order valence-electron chi connectivity index (χ3n) is 7.04. The van der Waals surface area contributed by atoms with E-state index in [0.29, 0.717) is 28.5 Å². The Morgan fingerprint density at radius 2 is 1.59 bits per heavy atom. The summed E-state index contributed by atoms with van der Waals surface area (Å²) < 4.78 is 36.4. The first kappa shape index (κ1) is 31.0. The number of halogens is 2. The van der Waals surface area contributed by atoms with Crippen molar-refractivity contribution in [2.75, 3.05) is 12.9 Å². The fourth-order valence-corrected chi connectivity index (χ4v) is 6.09. The van der Waals surface area contributed by atoms with Crippen LogP contribution in [0.25, 0.3) is 0 Å². The average molecular weight is 619 g/mol. The van der Waals surface area contributed by atoms with Crippen LogP contribution >= 0.6 is 23.2 Å². The second-order valence-electron chi connectivity index (χ2n) is 10.0. The maximum atomic E-state index is 14.3. The molecule has 1 aliphatic heterocycles. The molecule has 0 spiro atoms. The van der Waals surface area contributed by atoms with Crippen LogP contribution in [0.1, 0.15) is 55.5 Å².